The van der Waals surface area contributed by atoms with Crippen molar-refractivity contribution in [3.63, 3.8) is 0 Å². The van der Waals surface area contributed by atoms with Gasteiger partial charge >= 0.3 is 5.97 Å². The second-order valence-corrected chi connectivity index (χ2v) is 9.50. The minimum Gasteiger partial charge on any atom is -0.469 e. The Hall–Kier alpha value is -2.17. The summed E-state index contributed by atoms with van der Waals surface area (Å²) in [6, 6.07) is 4.39. The minimum absolute atomic E-state index is 0.0178. The Morgan fingerprint density at radius 1 is 1.03 bits per heavy atom. The molecule has 0 aromatic carbocycles. The van der Waals surface area contributed by atoms with Crippen molar-refractivity contribution < 1.29 is 9.53 Å². The van der Waals surface area contributed by atoms with Crippen LogP contribution in [-0.2, 0) is 14.9 Å². The van der Waals surface area contributed by atoms with Gasteiger partial charge in [-0.05, 0) is 82.9 Å². The van der Waals surface area contributed by atoms with E-state index >= 15 is 0 Å². The maximum absolute atomic E-state index is 12.3. The summed E-state index contributed by atoms with van der Waals surface area (Å²) in [6.45, 7) is 10.8. The molecule has 0 aliphatic heterocycles. The first-order chi connectivity index (χ1) is 13.7. The minimum atomic E-state index is -0.248. The molecular formula is C24H33N3O2. The second kappa shape index (κ2) is 6.96. The van der Waals surface area contributed by atoms with Crippen molar-refractivity contribution in [1.82, 2.24) is 14.8 Å². The molecule has 2 aromatic rings. The molecule has 2 aromatic heterocycles. The van der Waals surface area contributed by atoms with Crippen LogP contribution < -0.4 is 0 Å². The summed E-state index contributed by atoms with van der Waals surface area (Å²) in [7, 11) is 1.51. The van der Waals surface area contributed by atoms with Gasteiger partial charge in [0.1, 0.15) is 0 Å². The molecule has 2 heterocycles. The van der Waals surface area contributed by atoms with Crippen molar-refractivity contribution in [2.24, 2.45) is 5.41 Å². The van der Waals surface area contributed by atoms with Crippen molar-refractivity contribution in [3.8, 4) is 5.69 Å². The number of carbonyl (C=O) groups is 1. The lowest BCUT2D eigenvalue weighted by Crippen LogP contribution is -2.48. The molecule has 3 saturated carbocycles. The lowest BCUT2D eigenvalue weighted by Gasteiger charge is -2.51. The molecule has 0 N–H and O–H groups in total. The van der Waals surface area contributed by atoms with Gasteiger partial charge in [0.25, 0.3) is 0 Å². The number of ether oxygens (including phenoxy) is 1. The molecule has 3 aliphatic carbocycles. The van der Waals surface area contributed by atoms with E-state index in [-0.39, 0.29) is 16.8 Å². The lowest BCUT2D eigenvalue weighted by atomic mass is 9.52. The fourth-order valence-corrected chi connectivity index (χ4v) is 5.89. The quantitative estimate of drug-likeness (QED) is 0.677. The number of methoxy groups -OCH3 is 1. The molecule has 5 heteroatoms. The summed E-state index contributed by atoms with van der Waals surface area (Å²) in [5, 5.41) is 4.81. The van der Waals surface area contributed by atoms with Crippen LogP contribution in [0.3, 0.4) is 0 Å². The average Bonchev–Trinajstić information content (AvgIpc) is 3.02. The van der Waals surface area contributed by atoms with Crippen LogP contribution in [0, 0.1) is 26.2 Å². The summed E-state index contributed by atoms with van der Waals surface area (Å²) in [5.41, 5.74) is 6.75. The number of pyridine rings is 1. The zero-order valence-electron chi connectivity index (χ0n) is 18.6. The predicted molar refractivity (Wildman–Crippen MR) is 113 cm³/mol. The van der Waals surface area contributed by atoms with Crippen LogP contribution in [-0.4, -0.2) is 27.8 Å². The average molecular weight is 396 g/mol. The van der Waals surface area contributed by atoms with Gasteiger partial charge in [-0.3, -0.25) is 9.78 Å². The number of hydrogen-bond acceptors (Lipinski definition) is 4. The maximum Gasteiger partial charge on any atom is 0.311 e. The standard InChI is InChI=1S/C24H33N3O2/c1-15(2)21-17(4)26-27(18(21)5)19-7-8-20(25-16(19)3)23-9-12-24(13-10-23,14-11-23)22(28)29-6/h7-8,15H,9-14H2,1-6H3. The summed E-state index contributed by atoms with van der Waals surface area (Å²) in [4.78, 5) is 17.4. The van der Waals surface area contributed by atoms with Gasteiger partial charge in [-0.1, -0.05) is 13.8 Å². The van der Waals surface area contributed by atoms with E-state index in [9.17, 15) is 4.79 Å². The van der Waals surface area contributed by atoms with Crippen molar-refractivity contribution in [1.29, 1.82) is 0 Å². The van der Waals surface area contributed by atoms with Gasteiger partial charge in [0, 0.05) is 16.8 Å². The van der Waals surface area contributed by atoms with Gasteiger partial charge in [0.15, 0.2) is 0 Å². The van der Waals surface area contributed by atoms with Gasteiger partial charge < -0.3 is 4.74 Å². The van der Waals surface area contributed by atoms with Crippen LogP contribution in [0.25, 0.3) is 5.69 Å². The fourth-order valence-electron chi connectivity index (χ4n) is 5.89. The number of hydrogen-bond donors (Lipinski definition) is 0. The van der Waals surface area contributed by atoms with E-state index in [0.717, 1.165) is 55.6 Å². The Labute approximate surface area is 173 Å². The number of aromatic nitrogens is 3. The predicted octanol–water partition coefficient (Wildman–Crippen LogP) is 5.08. The number of esters is 1. The second-order valence-electron chi connectivity index (χ2n) is 9.50. The van der Waals surface area contributed by atoms with Crippen molar-refractivity contribution in [2.75, 3.05) is 7.11 Å². The highest BCUT2D eigenvalue weighted by atomic mass is 16.5. The smallest absolute Gasteiger partial charge is 0.311 e. The van der Waals surface area contributed by atoms with Crippen LogP contribution in [0.5, 0.6) is 0 Å². The Morgan fingerprint density at radius 2 is 1.66 bits per heavy atom. The third-order valence-electron chi connectivity index (χ3n) is 7.62. The molecule has 5 rings (SSSR count). The molecule has 3 aliphatic rings. The first-order valence-corrected chi connectivity index (χ1v) is 10.9. The van der Waals surface area contributed by atoms with E-state index in [2.05, 4.69) is 51.4 Å². The molecule has 2 bridgehead atoms. The fraction of sp³-hybridized carbons (Fsp3) is 0.625. The Kier molecular flexibility index (Phi) is 4.83. The van der Waals surface area contributed by atoms with E-state index in [1.807, 2.05) is 0 Å². The molecule has 0 atom stereocenters. The normalized spacial score (nSPS) is 26.2. The monoisotopic (exact) mass is 395 g/mol. The molecule has 0 spiro atoms. The lowest BCUT2D eigenvalue weighted by molar-refractivity contribution is -0.160. The van der Waals surface area contributed by atoms with Gasteiger partial charge in [-0.2, -0.15) is 5.10 Å². The van der Waals surface area contributed by atoms with Crippen LogP contribution in [0.2, 0.25) is 0 Å². The highest BCUT2D eigenvalue weighted by Crippen LogP contribution is 2.57. The number of aryl methyl sites for hydroxylation is 2. The van der Waals surface area contributed by atoms with Crippen molar-refractivity contribution >= 4 is 5.97 Å². The molecule has 0 saturated heterocycles. The van der Waals surface area contributed by atoms with Gasteiger partial charge in [-0.25, -0.2) is 4.68 Å². The number of carbonyl (C=O) groups excluding carboxylic acids is 1. The van der Waals surface area contributed by atoms with Crippen molar-refractivity contribution in [3.05, 3.63) is 40.5 Å². The summed E-state index contributed by atoms with van der Waals surface area (Å²) < 4.78 is 7.16. The van der Waals surface area contributed by atoms with E-state index in [4.69, 9.17) is 14.8 Å². The highest BCUT2D eigenvalue weighted by molar-refractivity contribution is 5.77. The van der Waals surface area contributed by atoms with Crippen LogP contribution in [0.1, 0.15) is 86.6 Å². The van der Waals surface area contributed by atoms with Gasteiger partial charge in [0.2, 0.25) is 0 Å². The van der Waals surface area contributed by atoms with Crippen LogP contribution in [0.15, 0.2) is 12.1 Å². The zero-order valence-corrected chi connectivity index (χ0v) is 18.6. The number of fused-ring (bicyclic) bond motifs is 3. The van der Waals surface area contributed by atoms with Crippen LogP contribution in [0.4, 0.5) is 0 Å². The summed E-state index contributed by atoms with van der Waals surface area (Å²) in [6.07, 6.45) is 5.80. The molecule has 29 heavy (non-hydrogen) atoms. The maximum atomic E-state index is 12.3. The topological polar surface area (TPSA) is 57.0 Å². The number of rotatable bonds is 4. The summed E-state index contributed by atoms with van der Waals surface area (Å²) >= 11 is 0. The van der Waals surface area contributed by atoms with Gasteiger partial charge in [-0.15, -0.1) is 0 Å². The Morgan fingerprint density at radius 3 is 2.14 bits per heavy atom. The van der Waals surface area contributed by atoms with E-state index in [1.165, 1.54) is 24.1 Å². The first kappa shape index (κ1) is 20.1. The molecule has 156 valence electrons. The Balaban J connectivity index is 1.65. The third-order valence-corrected chi connectivity index (χ3v) is 7.62. The molecule has 5 nitrogen and oxygen atoms in total. The molecule has 0 amide bonds. The summed E-state index contributed by atoms with van der Waals surface area (Å²) in [5.74, 6) is 0.436. The zero-order chi connectivity index (χ0) is 21.0. The first-order valence-electron chi connectivity index (χ1n) is 10.9. The Bertz CT molecular complexity index is 933. The molecule has 0 unspecified atom stereocenters. The van der Waals surface area contributed by atoms with E-state index < -0.39 is 0 Å². The van der Waals surface area contributed by atoms with Gasteiger partial charge in [0.05, 0.1) is 29.6 Å². The molecular weight excluding hydrogens is 362 g/mol. The van der Waals surface area contributed by atoms with Crippen LogP contribution >= 0.6 is 0 Å². The number of nitrogens with zero attached hydrogens (tertiary/aromatic N) is 3. The molecule has 0 radical (unpaired) electrons. The van der Waals surface area contributed by atoms with E-state index in [1.54, 1.807) is 0 Å². The largest absolute Gasteiger partial charge is 0.469 e. The van der Waals surface area contributed by atoms with Crippen molar-refractivity contribution in [2.45, 2.75) is 84.5 Å². The van der Waals surface area contributed by atoms with E-state index in [0.29, 0.717) is 5.92 Å². The third kappa shape index (κ3) is 3.01. The molecule has 3 fully saturated rings. The highest BCUT2D eigenvalue weighted by Gasteiger charge is 2.54. The SMILES string of the molecule is COC(=O)C12CCC(c3ccc(-n4nc(C)c(C(C)C)c4C)c(C)n3)(CC1)CC2.